The third kappa shape index (κ3) is 2.93. The molecule has 0 saturated heterocycles. The quantitative estimate of drug-likeness (QED) is 0.702. The molecule has 19 heavy (non-hydrogen) atoms. The van der Waals surface area contributed by atoms with Gasteiger partial charge in [0.05, 0.1) is 0 Å². The fraction of sp³-hybridized carbons (Fsp3) is 0.294. The maximum absolute atomic E-state index is 5.88. The fourth-order valence-corrected chi connectivity index (χ4v) is 2.65. The van der Waals surface area contributed by atoms with E-state index in [1.807, 2.05) is 0 Å². The van der Waals surface area contributed by atoms with E-state index in [0.29, 0.717) is 5.88 Å². The second-order valence-electron chi connectivity index (χ2n) is 5.10. The lowest BCUT2D eigenvalue weighted by Gasteiger charge is -2.24. The molecule has 0 aromatic heterocycles. The van der Waals surface area contributed by atoms with E-state index < -0.39 is 0 Å². The van der Waals surface area contributed by atoms with E-state index in [1.165, 1.54) is 28.1 Å². The van der Waals surface area contributed by atoms with Crippen LogP contribution in [0.25, 0.3) is 0 Å². The molecule has 2 aromatic rings. The molecule has 1 nitrogen and oxygen atoms in total. The summed E-state index contributed by atoms with van der Waals surface area (Å²) in [6.45, 7) is 6.41. The van der Waals surface area contributed by atoms with Gasteiger partial charge in [-0.3, -0.25) is 0 Å². The van der Waals surface area contributed by atoms with Gasteiger partial charge in [-0.05, 0) is 49.6 Å². The zero-order valence-corrected chi connectivity index (χ0v) is 12.8. The Bertz CT molecular complexity index is 590. The molecule has 0 aliphatic rings. The Hall–Kier alpha value is -1.47. The second-order valence-corrected chi connectivity index (χ2v) is 5.37. The normalized spacial score (nSPS) is 10.6. The van der Waals surface area contributed by atoms with Crippen molar-refractivity contribution in [2.75, 3.05) is 11.9 Å². The van der Waals surface area contributed by atoms with Gasteiger partial charge in [-0.2, -0.15) is 0 Å². The van der Waals surface area contributed by atoms with Crippen LogP contribution in [0.3, 0.4) is 0 Å². The zero-order chi connectivity index (χ0) is 14.0. The maximum Gasteiger partial charge on any atom is 0.0474 e. The SMILES string of the molecule is Cc1ccc(N(C)c2ccc(CCl)cc2C)c(C)c1. The largest absolute Gasteiger partial charge is 0.344 e. The summed E-state index contributed by atoms with van der Waals surface area (Å²) in [4.78, 5) is 2.24. The van der Waals surface area contributed by atoms with Gasteiger partial charge in [-0.15, -0.1) is 11.6 Å². The van der Waals surface area contributed by atoms with Gasteiger partial charge in [-0.25, -0.2) is 0 Å². The van der Waals surface area contributed by atoms with Crippen molar-refractivity contribution >= 4 is 23.0 Å². The highest BCUT2D eigenvalue weighted by Crippen LogP contribution is 2.30. The number of aryl methyl sites for hydroxylation is 3. The van der Waals surface area contributed by atoms with Crippen molar-refractivity contribution in [2.24, 2.45) is 0 Å². The van der Waals surface area contributed by atoms with Crippen LogP contribution in [0, 0.1) is 20.8 Å². The summed E-state index contributed by atoms with van der Waals surface area (Å²) in [5.74, 6) is 0.564. The summed E-state index contributed by atoms with van der Waals surface area (Å²) in [7, 11) is 2.11. The van der Waals surface area contributed by atoms with Crippen molar-refractivity contribution in [3.63, 3.8) is 0 Å². The average Bonchev–Trinajstić information content (AvgIpc) is 2.37. The molecular formula is C17H20ClN. The molecule has 100 valence electrons. The molecule has 0 unspecified atom stereocenters. The third-order valence-electron chi connectivity index (χ3n) is 3.49. The van der Waals surface area contributed by atoms with Crippen molar-refractivity contribution in [1.29, 1.82) is 0 Å². The molecule has 0 saturated carbocycles. The molecule has 0 spiro atoms. The van der Waals surface area contributed by atoms with Gasteiger partial charge in [0.25, 0.3) is 0 Å². The molecule has 0 aliphatic carbocycles. The molecule has 2 heteroatoms. The summed E-state index contributed by atoms with van der Waals surface area (Å²) < 4.78 is 0. The highest BCUT2D eigenvalue weighted by atomic mass is 35.5. The third-order valence-corrected chi connectivity index (χ3v) is 3.80. The molecule has 2 rings (SSSR count). The summed E-state index contributed by atoms with van der Waals surface area (Å²) in [5, 5.41) is 0. The summed E-state index contributed by atoms with van der Waals surface area (Å²) >= 11 is 5.88. The number of hydrogen-bond donors (Lipinski definition) is 0. The van der Waals surface area contributed by atoms with Gasteiger partial charge >= 0.3 is 0 Å². The van der Waals surface area contributed by atoms with Crippen LogP contribution < -0.4 is 4.90 Å². The first-order valence-corrected chi connectivity index (χ1v) is 7.03. The standard InChI is InChI=1S/C17H20ClN/c1-12-5-7-16(13(2)9-12)19(4)17-8-6-15(11-18)10-14(17)3/h5-10H,11H2,1-4H3. The Balaban J connectivity index is 2.41. The Kier molecular flexibility index (Phi) is 4.16. The van der Waals surface area contributed by atoms with Crippen LogP contribution in [0.1, 0.15) is 22.3 Å². The first-order chi connectivity index (χ1) is 9.02. The number of rotatable bonds is 3. The number of halogens is 1. The molecular weight excluding hydrogens is 254 g/mol. The van der Waals surface area contributed by atoms with Crippen LogP contribution >= 0.6 is 11.6 Å². The molecule has 2 aromatic carbocycles. The number of alkyl halides is 1. The smallest absolute Gasteiger partial charge is 0.0474 e. The van der Waals surface area contributed by atoms with Gasteiger partial charge in [0.2, 0.25) is 0 Å². The van der Waals surface area contributed by atoms with Crippen LogP contribution in [0.5, 0.6) is 0 Å². The van der Waals surface area contributed by atoms with Crippen molar-refractivity contribution < 1.29 is 0 Å². The minimum absolute atomic E-state index is 0.564. The van der Waals surface area contributed by atoms with Gasteiger partial charge in [0.1, 0.15) is 0 Å². The monoisotopic (exact) mass is 273 g/mol. The molecule has 0 atom stereocenters. The molecule has 0 radical (unpaired) electrons. The molecule has 0 heterocycles. The highest BCUT2D eigenvalue weighted by molar-refractivity contribution is 6.17. The van der Waals surface area contributed by atoms with Gasteiger partial charge in [0, 0.05) is 24.3 Å². The molecule has 0 aliphatic heterocycles. The fourth-order valence-electron chi connectivity index (χ4n) is 2.49. The van der Waals surface area contributed by atoms with E-state index in [4.69, 9.17) is 11.6 Å². The van der Waals surface area contributed by atoms with Crippen LogP contribution in [0.2, 0.25) is 0 Å². The van der Waals surface area contributed by atoms with Gasteiger partial charge in [0.15, 0.2) is 0 Å². The maximum atomic E-state index is 5.88. The van der Waals surface area contributed by atoms with Crippen LogP contribution in [0.15, 0.2) is 36.4 Å². The van der Waals surface area contributed by atoms with Crippen molar-refractivity contribution in [1.82, 2.24) is 0 Å². The average molecular weight is 274 g/mol. The summed E-state index contributed by atoms with van der Waals surface area (Å²) in [6.07, 6.45) is 0. The predicted molar refractivity (Wildman–Crippen MR) is 84.7 cm³/mol. The Labute approximate surface area is 120 Å². The van der Waals surface area contributed by atoms with E-state index in [0.717, 1.165) is 5.56 Å². The van der Waals surface area contributed by atoms with Crippen molar-refractivity contribution in [3.05, 3.63) is 58.7 Å². The van der Waals surface area contributed by atoms with E-state index >= 15 is 0 Å². The van der Waals surface area contributed by atoms with Crippen LogP contribution in [-0.2, 0) is 5.88 Å². The number of hydrogen-bond acceptors (Lipinski definition) is 1. The number of nitrogens with zero attached hydrogens (tertiary/aromatic N) is 1. The lowest BCUT2D eigenvalue weighted by atomic mass is 10.1. The van der Waals surface area contributed by atoms with Gasteiger partial charge < -0.3 is 4.90 Å². The van der Waals surface area contributed by atoms with E-state index in [9.17, 15) is 0 Å². The summed E-state index contributed by atoms with van der Waals surface area (Å²) in [6, 6.07) is 12.9. The number of benzene rings is 2. The first-order valence-electron chi connectivity index (χ1n) is 6.49. The second kappa shape index (κ2) is 5.66. The Morgan fingerprint density at radius 3 is 2.00 bits per heavy atom. The minimum Gasteiger partial charge on any atom is -0.344 e. The van der Waals surface area contributed by atoms with Crippen molar-refractivity contribution in [2.45, 2.75) is 26.7 Å². The van der Waals surface area contributed by atoms with Gasteiger partial charge in [-0.1, -0.05) is 29.8 Å². The van der Waals surface area contributed by atoms with Crippen molar-refractivity contribution in [3.8, 4) is 0 Å². The van der Waals surface area contributed by atoms with E-state index in [1.54, 1.807) is 0 Å². The molecule has 0 fully saturated rings. The molecule has 0 bridgehead atoms. The topological polar surface area (TPSA) is 3.24 Å². The van der Waals surface area contributed by atoms with E-state index in [-0.39, 0.29) is 0 Å². The predicted octanol–water partition coefficient (Wildman–Crippen LogP) is 5.12. The lowest BCUT2D eigenvalue weighted by molar-refractivity contribution is 1.15. The van der Waals surface area contributed by atoms with E-state index in [2.05, 4.69) is 69.1 Å². The lowest BCUT2D eigenvalue weighted by Crippen LogP contribution is -2.12. The van der Waals surface area contributed by atoms with Crippen LogP contribution in [0.4, 0.5) is 11.4 Å². The highest BCUT2D eigenvalue weighted by Gasteiger charge is 2.09. The minimum atomic E-state index is 0.564. The Morgan fingerprint density at radius 1 is 0.895 bits per heavy atom. The molecule has 0 amide bonds. The first kappa shape index (κ1) is 14.0. The van der Waals surface area contributed by atoms with Crippen LogP contribution in [-0.4, -0.2) is 7.05 Å². The summed E-state index contributed by atoms with van der Waals surface area (Å²) in [5.41, 5.74) is 7.47. The zero-order valence-electron chi connectivity index (χ0n) is 12.0. The Morgan fingerprint density at radius 2 is 1.47 bits per heavy atom. The molecule has 0 N–H and O–H groups in total. The number of anilines is 2.